The van der Waals surface area contributed by atoms with Crippen molar-refractivity contribution in [2.45, 2.75) is 105 Å². The molecule has 0 aliphatic carbocycles. The van der Waals surface area contributed by atoms with Crippen LogP contribution in [0.4, 0.5) is 5.69 Å². The minimum Gasteiger partial charge on any atom is -0.493 e. The van der Waals surface area contributed by atoms with E-state index in [2.05, 4.69) is 81.8 Å². The van der Waals surface area contributed by atoms with Crippen LogP contribution in [0, 0.1) is 18.3 Å². The van der Waals surface area contributed by atoms with Gasteiger partial charge in [0.25, 0.3) is 0 Å². The average Bonchev–Trinajstić information content (AvgIpc) is 3.88. The van der Waals surface area contributed by atoms with Crippen LogP contribution >= 0.6 is 0 Å². The molecule has 2 saturated heterocycles. The van der Waals surface area contributed by atoms with Gasteiger partial charge < -0.3 is 28.6 Å². The fourth-order valence-electron chi connectivity index (χ4n) is 6.76. The lowest BCUT2D eigenvalue weighted by Gasteiger charge is -2.36. The first-order valence-electron chi connectivity index (χ1n) is 17.5. The van der Waals surface area contributed by atoms with Crippen LogP contribution in [0.2, 0.25) is 0 Å². The van der Waals surface area contributed by atoms with Crippen molar-refractivity contribution in [1.29, 1.82) is 0 Å². The summed E-state index contributed by atoms with van der Waals surface area (Å²) in [5.41, 5.74) is 3.26. The molecule has 2 fully saturated rings. The third-order valence-electron chi connectivity index (χ3n) is 9.12. The van der Waals surface area contributed by atoms with E-state index in [1.165, 1.54) is 5.56 Å². The second-order valence-corrected chi connectivity index (χ2v) is 12.9. The van der Waals surface area contributed by atoms with E-state index in [4.69, 9.17) is 23.7 Å². The van der Waals surface area contributed by atoms with Gasteiger partial charge in [-0.1, -0.05) is 66.5 Å². The van der Waals surface area contributed by atoms with Crippen molar-refractivity contribution in [3.63, 3.8) is 0 Å². The predicted octanol–water partition coefficient (Wildman–Crippen LogP) is 7.82. The molecule has 3 aliphatic rings. The first-order valence-corrected chi connectivity index (χ1v) is 17.5. The van der Waals surface area contributed by atoms with Crippen molar-refractivity contribution in [2.24, 2.45) is 5.41 Å². The number of hydrogen-bond acceptors (Lipinski definition) is 7. The van der Waals surface area contributed by atoms with Crippen molar-refractivity contribution in [1.82, 2.24) is 4.90 Å². The molecule has 0 saturated carbocycles. The van der Waals surface area contributed by atoms with Gasteiger partial charge in [0, 0.05) is 30.2 Å². The van der Waals surface area contributed by atoms with Crippen molar-refractivity contribution >= 4 is 11.6 Å². The SMILES string of the molecule is C#C.CC.CCCCc1cccc(N(CCCC)C(=O)CN2CC(c3cc(OC)c4c(c3)OCO4)C[C@@H]2CC(C)(C)C2OCCO2)c1. The second kappa shape index (κ2) is 18.9. The van der Waals surface area contributed by atoms with Gasteiger partial charge in [-0.3, -0.25) is 9.69 Å². The highest BCUT2D eigenvalue weighted by Crippen LogP contribution is 2.46. The zero-order chi connectivity index (χ0) is 34.4. The lowest BCUT2D eigenvalue weighted by Crippen LogP contribution is -2.45. The molecule has 5 rings (SSSR count). The summed E-state index contributed by atoms with van der Waals surface area (Å²) < 4.78 is 29.0. The molecule has 2 aromatic rings. The third-order valence-corrected chi connectivity index (χ3v) is 9.12. The molecule has 0 aromatic heterocycles. The molecule has 2 atom stereocenters. The maximum atomic E-state index is 14.2. The number of rotatable bonds is 14. The minimum atomic E-state index is -0.235. The number of fused-ring (bicyclic) bond motifs is 1. The smallest absolute Gasteiger partial charge is 0.241 e. The lowest BCUT2D eigenvalue weighted by molar-refractivity contribution is -0.129. The Bertz CT molecular complexity index is 1270. The Balaban J connectivity index is 0.00000144. The van der Waals surface area contributed by atoms with Crippen LogP contribution < -0.4 is 19.1 Å². The number of carbonyl (C=O) groups is 1. The first kappa shape index (κ1) is 38.2. The molecule has 0 N–H and O–H groups in total. The van der Waals surface area contributed by atoms with E-state index in [0.29, 0.717) is 31.3 Å². The highest BCUT2D eigenvalue weighted by Gasteiger charge is 2.42. The normalized spacial score (nSPS) is 19.0. The van der Waals surface area contributed by atoms with Crippen LogP contribution in [0.1, 0.15) is 97.1 Å². The number of anilines is 1. The zero-order valence-electron chi connectivity index (χ0n) is 29.9. The number of terminal acetylenes is 1. The van der Waals surface area contributed by atoms with Crippen molar-refractivity contribution < 1.29 is 28.5 Å². The highest BCUT2D eigenvalue weighted by molar-refractivity contribution is 5.95. The number of unbranched alkanes of at least 4 members (excludes halogenated alkanes) is 2. The Morgan fingerprint density at radius 2 is 1.77 bits per heavy atom. The quantitative estimate of drug-likeness (QED) is 0.193. The minimum absolute atomic E-state index is 0.154. The van der Waals surface area contributed by atoms with Crippen LogP contribution in [0.15, 0.2) is 36.4 Å². The van der Waals surface area contributed by atoms with Gasteiger partial charge in [-0.15, -0.1) is 12.8 Å². The lowest BCUT2D eigenvalue weighted by atomic mass is 9.82. The van der Waals surface area contributed by atoms with Gasteiger partial charge in [0.15, 0.2) is 17.8 Å². The van der Waals surface area contributed by atoms with Crippen molar-refractivity contribution in [3.05, 3.63) is 47.5 Å². The molecule has 3 aliphatic heterocycles. The Morgan fingerprint density at radius 1 is 1.04 bits per heavy atom. The van der Waals surface area contributed by atoms with Crippen LogP contribution in [-0.4, -0.2) is 69.9 Å². The summed E-state index contributed by atoms with van der Waals surface area (Å²) in [5.74, 6) is 2.46. The Hall–Kier alpha value is -3.25. The fraction of sp³-hybridized carbons (Fsp3) is 0.615. The number of nitrogens with zero attached hydrogens (tertiary/aromatic N) is 2. The summed E-state index contributed by atoms with van der Waals surface area (Å²) >= 11 is 0. The predicted molar refractivity (Wildman–Crippen MR) is 189 cm³/mol. The molecule has 0 radical (unpaired) electrons. The number of hydrogen-bond donors (Lipinski definition) is 0. The standard InChI is InChI=1S/C35H50N2O6.C2H6.C2H2/c1-6-8-11-25-12-10-13-28(17-25)37(14-9-7-2)32(38)23-36-22-27(18-29(36)21-35(3,4)34-40-15-16-41-34)26-19-30(39-5)33-31(20-26)42-24-43-33;2*1-2/h10,12-13,17,19-20,27,29,34H,6-9,11,14-16,18,21-24H2,1-5H3;1-2H3;1-2H/t27?,29-;;/m1../s1. The third kappa shape index (κ3) is 9.88. The summed E-state index contributed by atoms with van der Waals surface area (Å²) in [4.78, 5) is 18.6. The Morgan fingerprint density at radius 3 is 2.45 bits per heavy atom. The summed E-state index contributed by atoms with van der Waals surface area (Å²) in [5, 5.41) is 0. The maximum absolute atomic E-state index is 14.2. The number of likely N-dealkylation sites (tertiary alicyclic amines) is 1. The van der Waals surface area contributed by atoms with Crippen LogP contribution in [0.25, 0.3) is 0 Å². The monoisotopic (exact) mass is 650 g/mol. The van der Waals surface area contributed by atoms with E-state index in [-0.39, 0.29) is 36.4 Å². The van der Waals surface area contributed by atoms with Gasteiger partial charge in [-0.25, -0.2) is 0 Å². The molecular weight excluding hydrogens is 592 g/mol. The molecule has 0 bridgehead atoms. The van der Waals surface area contributed by atoms with E-state index in [0.717, 1.165) is 75.0 Å². The van der Waals surface area contributed by atoms with Crippen molar-refractivity contribution in [3.8, 4) is 30.1 Å². The number of methoxy groups -OCH3 is 1. The van der Waals surface area contributed by atoms with E-state index >= 15 is 0 Å². The number of ether oxygens (including phenoxy) is 5. The summed E-state index contributed by atoms with van der Waals surface area (Å²) in [6.07, 6.45) is 14.9. The second-order valence-electron chi connectivity index (χ2n) is 12.9. The van der Waals surface area contributed by atoms with Crippen LogP contribution in [-0.2, 0) is 20.7 Å². The Kier molecular flexibility index (Phi) is 15.4. The Labute approximate surface area is 284 Å². The van der Waals surface area contributed by atoms with Gasteiger partial charge in [-0.05, 0) is 73.4 Å². The summed E-state index contributed by atoms with van der Waals surface area (Å²) in [6.45, 7) is 16.2. The van der Waals surface area contributed by atoms with Crippen LogP contribution in [0.3, 0.4) is 0 Å². The molecule has 1 unspecified atom stereocenters. The fourth-order valence-corrected chi connectivity index (χ4v) is 6.76. The molecule has 8 heteroatoms. The molecule has 3 heterocycles. The first-order chi connectivity index (χ1) is 22.8. The van der Waals surface area contributed by atoms with Gasteiger partial charge in [0.05, 0.1) is 26.9 Å². The average molecular weight is 651 g/mol. The van der Waals surface area contributed by atoms with E-state index in [9.17, 15) is 4.79 Å². The molecule has 260 valence electrons. The largest absolute Gasteiger partial charge is 0.493 e. The van der Waals surface area contributed by atoms with Gasteiger partial charge >= 0.3 is 0 Å². The topological polar surface area (TPSA) is 69.7 Å². The molecule has 8 nitrogen and oxygen atoms in total. The highest BCUT2D eigenvalue weighted by atomic mass is 16.7. The van der Waals surface area contributed by atoms with E-state index in [1.807, 2.05) is 18.7 Å². The van der Waals surface area contributed by atoms with Crippen LogP contribution in [0.5, 0.6) is 17.2 Å². The molecular formula is C39H58N2O6. The van der Waals surface area contributed by atoms with Crippen molar-refractivity contribution in [2.75, 3.05) is 51.7 Å². The zero-order valence-corrected chi connectivity index (χ0v) is 29.9. The van der Waals surface area contributed by atoms with E-state index < -0.39 is 0 Å². The summed E-state index contributed by atoms with van der Waals surface area (Å²) in [7, 11) is 1.66. The number of amides is 1. The molecule has 0 spiro atoms. The van der Waals surface area contributed by atoms with Gasteiger partial charge in [0.1, 0.15) is 0 Å². The molecule has 47 heavy (non-hydrogen) atoms. The van der Waals surface area contributed by atoms with E-state index in [1.54, 1.807) is 7.11 Å². The van der Waals surface area contributed by atoms with Gasteiger partial charge in [-0.2, -0.15) is 0 Å². The molecule has 2 aromatic carbocycles. The number of carbonyl (C=O) groups excluding carboxylic acids is 1. The molecule has 1 amide bonds. The summed E-state index contributed by atoms with van der Waals surface area (Å²) in [6, 6.07) is 12.9. The maximum Gasteiger partial charge on any atom is 0.241 e. The number of benzene rings is 2. The number of aryl methyl sites for hydroxylation is 1. The van der Waals surface area contributed by atoms with Gasteiger partial charge in [0.2, 0.25) is 18.4 Å².